The van der Waals surface area contributed by atoms with Gasteiger partial charge in [0.1, 0.15) is 0 Å². The molecule has 2 fully saturated rings. The third-order valence-electron chi connectivity index (χ3n) is 3.15. The molecule has 0 aromatic rings. The van der Waals surface area contributed by atoms with E-state index in [1.54, 1.807) is 0 Å². The highest BCUT2D eigenvalue weighted by Crippen LogP contribution is 2.29. The van der Waals surface area contributed by atoms with Crippen molar-refractivity contribution in [2.45, 2.75) is 51.0 Å². The fourth-order valence-electron chi connectivity index (χ4n) is 2.24. The normalized spacial score (nSPS) is 41.1. The van der Waals surface area contributed by atoms with Gasteiger partial charge in [0, 0.05) is 24.7 Å². The summed E-state index contributed by atoms with van der Waals surface area (Å²) >= 11 is 0. The van der Waals surface area contributed by atoms with Gasteiger partial charge in [0.15, 0.2) is 0 Å². The third kappa shape index (κ3) is 1.73. The predicted molar refractivity (Wildman–Crippen MR) is 52.6 cm³/mol. The Hall–Kier alpha value is -0.120. The minimum absolute atomic E-state index is 0.254. The van der Waals surface area contributed by atoms with Crippen molar-refractivity contribution in [1.29, 1.82) is 0 Å². The molecule has 0 aliphatic carbocycles. The molecule has 0 radical (unpaired) electrons. The molecule has 2 saturated heterocycles. The molecule has 76 valence electrons. The number of fused-ring (bicyclic) bond motifs is 2. The van der Waals surface area contributed by atoms with Crippen LogP contribution < -0.4 is 5.73 Å². The van der Waals surface area contributed by atoms with Crippen LogP contribution in [0, 0.1) is 0 Å². The first-order valence-corrected chi connectivity index (χ1v) is 5.13. The molecule has 13 heavy (non-hydrogen) atoms. The standard InChI is InChI=1S/C10H20N2O/c1-10(2,3)12-5-7-4-8(11)9(6-12)13-7/h7-9H,4-6,11H2,1-3H3/t7?,8-,9+/m0/s1. The van der Waals surface area contributed by atoms with E-state index in [2.05, 4.69) is 25.7 Å². The van der Waals surface area contributed by atoms with E-state index in [1.807, 2.05) is 0 Å². The van der Waals surface area contributed by atoms with Gasteiger partial charge < -0.3 is 10.5 Å². The summed E-state index contributed by atoms with van der Waals surface area (Å²) in [6.45, 7) is 8.81. The van der Waals surface area contributed by atoms with E-state index in [1.165, 1.54) is 0 Å². The largest absolute Gasteiger partial charge is 0.371 e. The highest BCUT2D eigenvalue weighted by atomic mass is 16.5. The lowest BCUT2D eigenvalue weighted by atomic mass is 10.0. The Balaban J connectivity index is 2.05. The first-order chi connectivity index (χ1) is 5.97. The van der Waals surface area contributed by atoms with Gasteiger partial charge in [0.25, 0.3) is 0 Å². The Morgan fingerprint density at radius 2 is 2.00 bits per heavy atom. The first-order valence-electron chi connectivity index (χ1n) is 5.13. The van der Waals surface area contributed by atoms with Gasteiger partial charge in [0.2, 0.25) is 0 Å². The highest BCUT2D eigenvalue weighted by Gasteiger charge is 2.41. The lowest BCUT2D eigenvalue weighted by Crippen LogP contribution is -2.53. The zero-order chi connectivity index (χ0) is 9.64. The Morgan fingerprint density at radius 3 is 2.54 bits per heavy atom. The quantitative estimate of drug-likeness (QED) is 0.598. The van der Waals surface area contributed by atoms with E-state index in [9.17, 15) is 0 Å². The molecule has 1 unspecified atom stereocenters. The van der Waals surface area contributed by atoms with Crippen LogP contribution in [0.2, 0.25) is 0 Å². The van der Waals surface area contributed by atoms with Crippen LogP contribution in [-0.2, 0) is 4.74 Å². The van der Waals surface area contributed by atoms with E-state index < -0.39 is 0 Å². The Kier molecular flexibility index (Phi) is 2.13. The molecule has 3 atom stereocenters. The zero-order valence-electron chi connectivity index (χ0n) is 8.79. The van der Waals surface area contributed by atoms with Gasteiger partial charge in [-0.3, -0.25) is 4.90 Å². The van der Waals surface area contributed by atoms with Crippen molar-refractivity contribution in [2.75, 3.05) is 13.1 Å². The Bertz CT molecular complexity index is 198. The van der Waals surface area contributed by atoms with Gasteiger partial charge in [-0.05, 0) is 27.2 Å². The topological polar surface area (TPSA) is 38.5 Å². The summed E-state index contributed by atoms with van der Waals surface area (Å²) in [5.41, 5.74) is 6.23. The summed E-state index contributed by atoms with van der Waals surface area (Å²) in [5.74, 6) is 0. The Morgan fingerprint density at radius 1 is 1.31 bits per heavy atom. The van der Waals surface area contributed by atoms with Crippen LogP contribution in [0.5, 0.6) is 0 Å². The van der Waals surface area contributed by atoms with Crippen molar-refractivity contribution in [3.05, 3.63) is 0 Å². The molecule has 2 bridgehead atoms. The Labute approximate surface area is 80.2 Å². The predicted octanol–water partition coefficient (Wildman–Crippen LogP) is 0.585. The molecule has 2 aliphatic heterocycles. The van der Waals surface area contributed by atoms with Crippen LogP contribution in [0.15, 0.2) is 0 Å². The van der Waals surface area contributed by atoms with Gasteiger partial charge in [-0.1, -0.05) is 0 Å². The molecule has 2 heterocycles. The lowest BCUT2D eigenvalue weighted by Gasteiger charge is -2.41. The second-order valence-electron chi connectivity index (χ2n) is 5.27. The van der Waals surface area contributed by atoms with Crippen LogP contribution >= 0.6 is 0 Å². The van der Waals surface area contributed by atoms with Crippen LogP contribution in [0.3, 0.4) is 0 Å². The van der Waals surface area contributed by atoms with E-state index >= 15 is 0 Å². The molecular weight excluding hydrogens is 164 g/mol. The fourth-order valence-corrected chi connectivity index (χ4v) is 2.24. The van der Waals surface area contributed by atoms with Gasteiger partial charge in [-0.2, -0.15) is 0 Å². The molecule has 3 heteroatoms. The van der Waals surface area contributed by atoms with Crippen molar-refractivity contribution in [3.8, 4) is 0 Å². The molecule has 3 nitrogen and oxygen atoms in total. The second kappa shape index (κ2) is 2.94. The minimum atomic E-state index is 0.254. The number of nitrogens with zero attached hydrogens (tertiary/aromatic N) is 1. The summed E-state index contributed by atoms with van der Waals surface area (Å²) in [6.07, 6.45) is 1.70. The lowest BCUT2D eigenvalue weighted by molar-refractivity contribution is -0.0688. The summed E-state index contributed by atoms with van der Waals surface area (Å²) in [5, 5.41) is 0. The van der Waals surface area contributed by atoms with Crippen LogP contribution in [0.25, 0.3) is 0 Å². The monoisotopic (exact) mass is 184 g/mol. The maximum Gasteiger partial charge on any atom is 0.0858 e. The van der Waals surface area contributed by atoms with E-state index in [4.69, 9.17) is 10.5 Å². The van der Waals surface area contributed by atoms with E-state index in [0.29, 0.717) is 6.10 Å². The summed E-state index contributed by atoms with van der Waals surface area (Å²) in [4.78, 5) is 2.48. The second-order valence-corrected chi connectivity index (χ2v) is 5.27. The smallest absolute Gasteiger partial charge is 0.0858 e. The number of likely N-dealkylation sites (tertiary alicyclic amines) is 1. The number of hydrogen-bond donors (Lipinski definition) is 1. The van der Waals surface area contributed by atoms with Crippen molar-refractivity contribution in [3.63, 3.8) is 0 Å². The number of nitrogens with two attached hydrogens (primary N) is 1. The minimum Gasteiger partial charge on any atom is -0.371 e. The molecule has 2 aliphatic rings. The maximum absolute atomic E-state index is 5.97. The number of ether oxygens (including phenoxy) is 1. The van der Waals surface area contributed by atoms with Crippen LogP contribution in [0.4, 0.5) is 0 Å². The molecule has 2 N–H and O–H groups in total. The van der Waals surface area contributed by atoms with Crippen LogP contribution in [-0.4, -0.2) is 41.8 Å². The van der Waals surface area contributed by atoms with Gasteiger partial charge >= 0.3 is 0 Å². The third-order valence-corrected chi connectivity index (χ3v) is 3.15. The zero-order valence-corrected chi connectivity index (χ0v) is 8.79. The van der Waals surface area contributed by atoms with Crippen LogP contribution in [0.1, 0.15) is 27.2 Å². The summed E-state index contributed by atoms with van der Waals surface area (Å²) in [6, 6.07) is 0.261. The molecule has 0 spiro atoms. The van der Waals surface area contributed by atoms with Gasteiger partial charge in [0.05, 0.1) is 12.2 Å². The highest BCUT2D eigenvalue weighted by molar-refractivity contribution is 4.96. The molecule has 0 saturated carbocycles. The molecule has 0 amide bonds. The fraction of sp³-hybridized carbons (Fsp3) is 1.00. The summed E-state index contributed by atoms with van der Waals surface area (Å²) < 4.78 is 5.77. The average Bonchev–Trinajstić information content (AvgIpc) is 2.24. The van der Waals surface area contributed by atoms with Crippen molar-refractivity contribution < 1.29 is 4.74 Å². The average molecular weight is 184 g/mol. The van der Waals surface area contributed by atoms with Crippen molar-refractivity contribution in [1.82, 2.24) is 4.90 Å². The van der Waals surface area contributed by atoms with E-state index in [-0.39, 0.29) is 17.7 Å². The van der Waals surface area contributed by atoms with Gasteiger partial charge in [-0.25, -0.2) is 0 Å². The number of hydrogen-bond acceptors (Lipinski definition) is 3. The van der Waals surface area contributed by atoms with Gasteiger partial charge in [-0.15, -0.1) is 0 Å². The van der Waals surface area contributed by atoms with Crippen molar-refractivity contribution >= 4 is 0 Å². The molecule has 2 rings (SSSR count). The molecule has 0 aromatic heterocycles. The summed E-state index contributed by atoms with van der Waals surface area (Å²) in [7, 11) is 0. The number of morpholine rings is 1. The first kappa shape index (κ1) is 9.44. The SMILES string of the molecule is CC(C)(C)N1CC2C[C@H](N)[C@@H](C1)O2. The molecule has 0 aromatic carbocycles. The van der Waals surface area contributed by atoms with E-state index in [0.717, 1.165) is 19.5 Å². The van der Waals surface area contributed by atoms with Crippen molar-refractivity contribution in [2.24, 2.45) is 5.73 Å². The molecular formula is C10H20N2O. The maximum atomic E-state index is 5.97. The number of rotatable bonds is 0.